The molecular formula is C16H36O6Si2. The van der Waals surface area contributed by atoms with Crippen LogP contribution < -0.4 is 0 Å². The van der Waals surface area contributed by atoms with Crippen LogP contribution in [0, 0.1) is 0 Å². The highest BCUT2D eigenvalue weighted by molar-refractivity contribution is 6.94. The van der Waals surface area contributed by atoms with Crippen LogP contribution in [0.4, 0.5) is 0 Å². The molecule has 0 saturated carbocycles. The average molecular weight is 381 g/mol. The van der Waals surface area contributed by atoms with Gasteiger partial charge in [-0.2, -0.15) is 0 Å². The Morgan fingerprint density at radius 3 is 1.92 bits per heavy atom. The zero-order valence-corrected chi connectivity index (χ0v) is 17.7. The van der Waals surface area contributed by atoms with Crippen LogP contribution in [0.25, 0.3) is 0 Å². The van der Waals surface area contributed by atoms with E-state index in [1.165, 1.54) is 5.67 Å². The van der Waals surface area contributed by atoms with Gasteiger partial charge in [-0.25, -0.2) is 0 Å². The Hall–Kier alpha value is -0.0962. The van der Waals surface area contributed by atoms with Crippen molar-refractivity contribution in [1.82, 2.24) is 0 Å². The van der Waals surface area contributed by atoms with Gasteiger partial charge >= 0.3 is 0 Å². The van der Waals surface area contributed by atoms with Gasteiger partial charge in [-0.3, -0.25) is 4.79 Å². The van der Waals surface area contributed by atoms with E-state index < -0.39 is 53.0 Å². The van der Waals surface area contributed by atoms with Gasteiger partial charge in [0.1, 0.15) is 24.4 Å². The van der Waals surface area contributed by atoms with E-state index in [4.69, 9.17) is 5.11 Å². The largest absolute Gasteiger partial charge is 0.394 e. The Kier molecular flexibility index (Phi) is 10.1. The Bertz CT molecular complexity index is 383. The molecule has 0 bridgehead atoms. The standard InChI is InChI=1S/C16H36O6Si2/c1-23(2,3)11-24(4,5)9-7-6-8-12(18)14(20)16(22)15(21)13(19)10-17/h13-17,19-22H,6-11H2,1-5H3/t13-,14+,15-,16-/m1/s1. The third kappa shape index (κ3) is 9.40. The lowest BCUT2D eigenvalue weighted by Crippen LogP contribution is -2.48. The van der Waals surface area contributed by atoms with Gasteiger partial charge in [0.2, 0.25) is 0 Å². The van der Waals surface area contributed by atoms with Crippen molar-refractivity contribution in [3.05, 3.63) is 0 Å². The summed E-state index contributed by atoms with van der Waals surface area (Å²) in [4.78, 5) is 11.9. The van der Waals surface area contributed by atoms with Gasteiger partial charge in [0.15, 0.2) is 5.78 Å². The Morgan fingerprint density at radius 2 is 1.46 bits per heavy atom. The lowest BCUT2D eigenvalue weighted by molar-refractivity contribution is -0.147. The normalized spacial score (nSPS) is 18.1. The van der Waals surface area contributed by atoms with Crippen molar-refractivity contribution in [2.24, 2.45) is 0 Å². The first kappa shape index (κ1) is 23.9. The van der Waals surface area contributed by atoms with E-state index in [-0.39, 0.29) is 6.42 Å². The molecule has 0 heterocycles. The summed E-state index contributed by atoms with van der Waals surface area (Å²) < 4.78 is 0. The summed E-state index contributed by atoms with van der Waals surface area (Å²) in [5.41, 5.74) is 1.35. The van der Waals surface area contributed by atoms with Crippen molar-refractivity contribution in [3.8, 4) is 0 Å². The average Bonchev–Trinajstić information content (AvgIpc) is 2.45. The Morgan fingerprint density at radius 1 is 0.917 bits per heavy atom. The van der Waals surface area contributed by atoms with Crippen molar-refractivity contribution in [1.29, 1.82) is 0 Å². The highest BCUT2D eigenvalue weighted by atomic mass is 28.4. The summed E-state index contributed by atoms with van der Waals surface area (Å²) in [7, 11) is -2.34. The van der Waals surface area contributed by atoms with Crippen molar-refractivity contribution < 1.29 is 30.3 Å². The fraction of sp³-hybridized carbons (Fsp3) is 0.938. The molecule has 0 aliphatic heterocycles. The molecule has 0 fully saturated rings. The topological polar surface area (TPSA) is 118 Å². The predicted octanol–water partition coefficient (Wildman–Crippen LogP) is 0.747. The zero-order chi connectivity index (χ0) is 19.1. The number of carbonyl (C=O) groups is 1. The lowest BCUT2D eigenvalue weighted by atomic mass is 9.98. The molecule has 0 aliphatic rings. The van der Waals surface area contributed by atoms with E-state index in [9.17, 15) is 25.2 Å². The molecule has 5 N–H and O–H groups in total. The number of ketones is 1. The van der Waals surface area contributed by atoms with E-state index in [0.717, 1.165) is 12.5 Å². The van der Waals surface area contributed by atoms with Crippen molar-refractivity contribution in [2.45, 2.75) is 88.1 Å². The minimum absolute atomic E-state index is 0.137. The summed E-state index contributed by atoms with van der Waals surface area (Å²) in [5.74, 6) is -0.545. The Labute approximate surface area is 147 Å². The smallest absolute Gasteiger partial charge is 0.164 e. The molecule has 0 unspecified atom stereocenters. The molecule has 0 spiro atoms. The van der Waals surface area contributed by atoms with Gasteiger partial charge in [0.25, 0.3) is 0 Å². The maximum atomic E-state index is 11.9. The third-order valence-corrected chi connectivity index (χ3v) is 13.9. The maximum Gasteiger partial charge on any atom is 0.164 e. The van der Waals surface area contributed by atoms with Crippen LogP contribution in [-0.4, -0.2) is 78.5 Å². The molecule has 144 valence electrons. The number of hydrogen-bond acceptors (Lipinski definition) is 6. The van der Waals surface area contributed by atoms with Crippen LogP contribution >= 0.6 is 0 Å². The fourth-order valence-corrected chi connectivity index (χ4v) is 16.7. The van der Waals surface area contributed by atoms with Crippen LogP contribution in [0.3, 0.4) is 0 Å². The first-order valence-electron chi connectivity index (χ1n) is 8.66. The molecule has 0 amide bonds. The number of aliphatic hydroxyl groups excluding tert-OH is 5. The van der Waals surface area contributed by atoms with Crippen LogP contribution in [0.15, 0.2) is 0 Å². The first-order chi connectivity index (χ1) is 10.8. The van der Waals surface area contributed by atoms with Gasteiger partial charge in [-0.1, -0.05) is 50.9 Å². The minimum atomic E-state index is -1.79. The van der Waals surface area contributed by atoms with Crippen molar-refractivity contribution in [2.75, 3.05) is 6.61 Å². The predicted molar refractivity (Wildman–Crippen MR) is 100 cm³/mol. The number of hydrogen-bond donors (Lipinski definition) is 5. The lowest BCUT2D eigenvalue weighted by Gasteiger charge is -2.29. The molecule has 0 aromatic rings. The van der Waals surface area contributed by atoms with Gasteiger partial charge in [0.05, 0.1) is 6.61 Å². The van der Waals surface area contributed by atoms with Crippen LogP contribution in [0.5, 0.6) is 0 Å². The van der Waals surface area contributed by atoms with Gasteiger partial charge < -0.3 is 25.5 Å². The van der Waals surface area contributed by atoms with Gasteiger partial charge in [-0.15, -0.1) is 0 Å². The van der Waals surface area contributed by atoms with Gasteiger partial charge in [-0.05, 0) is 6.42 Å². The minimum Gasteiger partial charge on any atom is -0.394 e. The summed E-state index contributed by atoms with van der Waals surface area (Å²) in [6.07, 6.45) is -5.18. The van der Waals surface area contributed by atoms with E-state index in [2.05, 4.69) is 32.7 Å². The quantitative estimate of drug-likeness (QED) is 0.252. The van der Waals surface area contributed by atoms with E-state index in [1.807, 2.05) is 0 Å². The molecule has 0 radical (unpaired) electrons. The molecule has 0 aliphatic carbocycles. The molecule has 24 heavy (non-hydrogen) atoms. The molecular weight excluding hydrogens is 344 g/mol. The second-order valence-corrected chi connectivity index (χ2v) is 20.1. The highest BCUT2D eigenvalue weighted by Gasteiger charge is 2.34. The number of carbonyl (C=O) groups excluding carboxylic acids is 1. The monoisotopic (exact) mass is 380 g/mol. The highest BCUT2D eigenvalue weighted by Crippen LogP contribution is 2.25. The molecule has 4 atom stereocenters. The summed E-state index contributed by atoms with van der Waals surface area (Å²) in [6.45, 7) is 11.1. The van der Waals surface area contributed by atoms with Crippen LogP contribution in [-0.2, 0) is 4.79 Å². The number of unbranched alkanes of at least 4 members (excludes halogenated alkanes) is 1. The van der Waals surface area contributed by atoms with Crippen LogP contribution in [0.1, 0.15) is 19.3 Å². The fourth-order valence-electron chi connectivity index (χ4n) is 3.29. The second kappa shape index (κ2) is 10.1. The molecule has 0 saturated heterocycles. The molecule has 6 nitrogen and oxygen atoms in total. The second-order valence-electron chi connectivity index (χ2n) is 8.75. The maximum absolute atomic E-state index is 11.9. The molecule has 0 rings (SSSR count). The zero-order valence-electron chi connectivity index (χ0n) is 15.7. The van der Waals surface area contributed by atoms with E-state index >= 15 is 0 Å². The summed E-state index contributed by atoms with van der Waals surface area (Å²) >= 11 is 0. The van der Waals surface area contributed by atoms with E-state index in [1.54, 1.807) is 0 Å². The number of aliphatic hydroxyl groups is 5. The SMILES string of the molecule is C[Si](C)(C)C[Si](C)(C)CCCCC(=O)[C@H](O)[C@@H](O)[C@H](O)[C@H](O)CO. The summed E-state index contributed by atoms with van der Waals surface area (Å²) in [5, 5.41) is 47.0. The molecule has 0 aromatic carbocycles. The van der Waals surface area contributed by atoms with Gasteiger partial charge in [0, 0.05) is 22.6 Å². The number of rotatable bonds is 12. The van der Waals surface area contributed by atoms with Crippen molar-refractivity contribution in [3.63, 3.8) is 0 Å². The summed E-state index contributed by atoms with van der Waals surface area (Å²) in [6, 6.07) is 1.13. The molecule has 0 aromatic heterocycles. The van der Waals surface area contributed by atoms with E-state index in [0.29, 0.717) is 6.42 Å². The Balaban J connectivity index is 4.26. The first-order valence-corrected chi connectivity index (χ1v) is 15.8. The van der Waals surface area contributed by atoms with Crippen molar-refractivity contribution >= 4 is 21.9 Å². The van der Waals surface area contributed by atoms with Crippen LogP contribution in [0.2, 0.25) is 44.4 Å². The third-order valence-electron chi connectivity index (χ3n) is 4.12. The number of Topliss-reactive ketones (excluding diaryl/α,β-unsaturated/α-hetero) is 1. The molecule has 8 heteroatoms.